The molecule has 0 spiro atoms. The zero-order valence-corrected chi connectivity index (χ0v) is 22.5. The predicted octanol–water partition coefficient (Wildman–Crippen LogP) is 1.94. The number of anilines is 3. The highest BCUT2D eigenvalue weighted by Gasteiger charge is 2.19. The molecule has 1 aliphatic rings. The van der Waals surface area contributed by atoms with Crippen LogP contribution in [0.1, 0.15) is 0 Å². The highest BCUT2D eigenvalue weighted by atomic mass is 35.5. The summed E-state index contributed by atoms with van der Waals surface area (Å²) in [4.78, 5) is 48.6. The maximum Gasteiger partial charge on any atom is 0.226 e. The summed E-state index contributed by atoms with van der Waals surface area (Å²) >= 11 is 17.0. The van der Waals surface area contributed by atoms with Crippen molar-refractivity contribution in [3.63, 3.8) is 0 Å². The van der Waals surface area contributed by atoms with Gasteiger partial charge in [-0.15, -0.1) is 0 Å². The fourth-order valence-electron chi connectivity index (χ4n) is 3.70. The number of rotatable bonds is 1. The molecule has 16 nitrogen and oxygen atoms in total. The first-order valence-electron chi connectivity index (χ1n) is 11.3. The van der Waals surface area contributed by atoms with E-state index in [-0.39, 0.29) is 15.9 Å². The Bertz CT molecular complexity index is 1640. The molecule has 202 valence electrons. The number of imidazole rings is 3. The number of hydrogen-bond acceptors (Lipinski definition) is 13. The van der Waals surface area contributed by atoms with E-state index in [1.807, 2.05) is 0 Å². The van der Waals surface area contributed by atoms with Gasteiger partial charge in [0.25, 0.3) is 0 Å². The Kier molecular flexibility index (Phi) is 7.69. The standard InChI is InChI=1S/C10H13ClN6.2C5H4ClN5/c1-16-2-4-17(5-3-16)9-7-8(13-6-12-7)14-10(11)15-9;2*6-5-10-3(7)2-4(11-5)9-1-8-2/h6H,2-5H2,1H3,(H,12,13,14,15);2*1H,(H3,7,8,9,10,11). The first-order valence-corrected chi connectivity index (χ1v) is 12.5. The number of nitrogen functional groups attached to an aromatic ring is 2. The first kappa shape index (κ1) is 26.5. The third-order valence-corrected chi connectivity index (χ3v) is 6.12. The predicted molar refractivity (Wildman–Crippen MR) is 149 cm³/mol. The smallest absolute Gasteiger partial charge is 0.226 e. The molecule has 0 unspecified atom stereocenters. The van der Waals surface area contributed by atoms with E-state index in [9.17, 15) is 0 Å². The Morgan fingerprint density at radius 3 is 1.51 bits per heavy atom. The minimum Gasteiger partial charge on any atom is -0.382 e. The number of nitrogens with two attached hydrogens (primary N) is 2. The van der Waals surface area contributed by atoms with E-state index >= 15 is 0 Å². The summed E-state index contributed by atoms with van der Waals surface area (Å²) in [5.74, 6) is 1.49. The Balaban J connectivity index is 0.000000123. The Hall–Kier alpha value is -4.12. The van der Waals surface area contributed by atoms with Gasteiger partial charge in [0.15, 0.2) is 34.4 Å². The molecule has 6 aromatic rings. The molecule has 7 N–H and O–H groups in total. The van der Waals surface area contributed by atoms with Gasteiger partial charge in [0.1, 0.15) is 16.6 Å². The third kappa shape index (κ3) is 5.98. The molecule has 0 saturated carbocycles. The number of fused-ring (bicyclic) bond motifs is 3. The molecule has 0 bridgehead atoms. The van der Waals surface area contributed by atoms with Gasteiger partial charge >= 0.3 is 0 Å². The van der Waals surface area contributed by atoms with Gasteiger partial charge in [-0.2, -0.15) is 29.9 Å². The van der Waals surface area contributed by atoms with E-state index in [4.69, 9.17) is 46.3 Å². The summed E-state index contributed by atoms with van der Waals surface area (Å²) in [7, 11) is 2.12. The molecule has 19 heteroatoms. The number of hydrogen-bond donors (Lipinski definition) is 5. The lowest BCUT2D eigenvalue weighted by molar-refractivity contribution is 0.312. The van der Waals surface area contributed by atoms with Crippen LogP contribution in [0.2, 0.25) is 15.9 Å². The van der Waals surface area contributed by atoms with Crippen LogP contribution in [0.15, 0.2) is 19.0 Å². The van der Waals surface area contributed by atoms with Gasteiger partial charge in [0.05, 0.1) is 19.0 Å². The van der Waals surface area contributed by atoms with Crippen LogP contribution in [0.4, 0.5) is 17.5 Å². The molecule has 0 amide bonds. The van der Waals surface area contributed by atoms with Crippen molar-refractivity contribution in [3.05, 3.63) is 34.8 Å². The van der Waals surface area contributed by atoms with E-state index in [1.165, 1.54) is 12.7 Å². The molecule has 0 aliphatic carbocycles. The van der Waals surface area contributed by atoms with Gasteiger partial charge in [-0.25, -0.2) is 15.0 Å². The minimum absolute atomic E-state index is 0.113. The summed E-state index contributed by atoms with van der Waals surface area (Å²) < 4.78 is 0. The summed E-state index contributed by atoms with van der Waals surface area (Å²) in [6, 6.07) is 0. The maximum absolute atomic E-state index is 5.92. The Morgan fingerprint density at radius 1 is 0.615 bits per heavy atom. The highest BCUT2D eigenvalue weighted by Crippen LogP contribution is 2.23. The number of nitrogens with zero attached hydrogens (tertiary/aromatic N) is 11. The second-order valence-electron chi connectivity index (χ2n) is 8.17. The average molecular weight is 592 g/mol. The van der Waals surface area contributed by atoms with Crippen LogP contribution >= 0.6 is 34.8 Å². The van der Waals surface area contributed by atoms with Crippen molar-refractivity contribution >= 4 is 85.7 Å². The van der Waals surface area contributed by atoms with E-state index in [0.717, 1.165) is 37.5 Å². The van der Waals surface area contributed by atoms with Crippen LogP contribution in [0.5, 0.6) is 0 Å². The topological polar surface area (TPSA) is 222 Å². The Labute approximate surface area is 234 Å². The number of halogens is 3. The van der Waals surface area contributed by atoms with Gasteiger partial charge in [-0.05, 0) is 41.9 Å². The summed E-state index contributed by atoms with van der Waals surface area (Å²) in [5, 5.41) is 0.475. The zero-order chi connectivity index (χ0) is 27.5. The van der Waals surface area contributed by atoms with Crippen molar-refractivity contribution in [2.45, 2.75) is 0 Å². The fraction of sp³-hybridized carbons (Fsp3) is 0.250. The molecule has 1 fully saturated rings. The van der Waals surface area contributed by atoms with Crippen LogP contribution in [0, 0.1) is 0 Å². The van der Waals surface area contributed by atoms with Gasteiger partial charge in [0.2, 0.25) is 15.9 Å². The van der Waals surface area contributed by atoms with E-state index in [1.54, 1.807) is 6.33 Å². The van der Waals surface area contributed by atoms with E-state index < -0.39 is 0 Å². The normalized spacial score (nSPS) is 13.8. The van der Waals surface area contributed by atoms with Crippen LogP contribution in [0.25, 0.3) is 33.5 Å². The molecule has 1 saturated heterocycles. The molecular formula is C20H21Cl3N16. The maximum atomic E-state index is 5.92. The number of likely N-dealkylation sites (N-methyl/N-ethyl adjacent to an activating group) is 1. The lowest BCUT2D eigenvalue weighted by Gasteiger charge is -2.33. The number of H-pyrrole nitrogens is 3. The number of aromatic amines is 3. The largest absolute Gasteiger partial charge is 0.382 e. The van der Waals surface area contributed by atoms with Gasteiger partial charge in [0, 0.05) is 26.2 Å². The molecular weight excluding hydrogens is 571 g/mol. The molecule has 6 aromatic heterocycles. The van der Waals surface area contributed by atoms with Crippen molar-refractivity contribution in [2.24, 2.45) is 0 Å². The average Bonchev–Trinajstić information content (AvgIpc) is 3.65. The van der Waals surface area contributed by atoms with Crippen molar-refractivity contribution < 1.29 is 0 Å². The second kappa shape index (κ2) is 11.3. The van der Waals surface area contributed by atoms with Crippen LogP contribution in [-0.2, 0) is 0 Å². The monoisotopic (exact) mass is 590 g/mol. The number of aromatic nitrogens is 12. The number of piperazine rings is 1. The summed E-state index contributed by atoms with van der Waals surface area (Å²) in [6.07, 6.45) is 4.60. The Morgan fingerprint density at radius 2 is 1.03 bits per heavy atom. The quantitative estimate of drug-likeness (QED) is 0.173. The van der Waals surface area contributed by atoms with Crippen molar-refractivity contribution in [1.29, 1.82) is 0 Å². The molecule has 0 aromatic carbocycles. The lowest BCUT2D eigenvalue weighted by atomic mass is 10.3. The molecule has 39 heavy (non-hydrogen) atoms. The molecule has 1 aliphatic heterocycles. The second-order valence-corrected chi connectivity index (χ2v) is 9.18. The summed E-state index contributed by atoms with van der Waals surface area (Å²) in [6.45, 7) is 3.93. The lowest BCUT2D eigenvalue weighted by Crippen LogP contribution is -2.45. The number of nitrogens with one attached hydrogen (secondary N) is 3. The fourth-order valence-corrected chi connectivity index (χ4v) is 4.20. The molecule has 0 atom stereocenters. The van der Waals surface area contributed by atoms with Crippen molar-refractivity contribution in [2.75, 3.05) is 49.6 Å². The van der Waals surface area contributed by atoms with Gasteiger partial charge in [-0.3, -0.25) is 0 Å². The molecule has 0 radical (unpaired) electrons. The minimum atomic E-state index is 0.113. The van der Waals surface area contributed by atoms with Crippen LogP contribution in [-0.4, -0.2) is 97.9 Å². The van der Waals surface area contributed by atoms with Gasteiger partial charge in [-0.1, -0.05) is 0 Å². The van der Waals surface area contributed by atoms with Crippen LogP contribution < -0.4 is 16.4 Å². The van der Waals surface area contributed by atoms with Gasteiger partial charge < -0.3 is 36.2 Å². The third-order valence-electron chi connectivity index (χ3n) is 5.61. The zero-order valence-electron chi connectivity index (χ0n) is 20.3. The van der Waals surface area contributed by atoms with Crippen molar-refractivity contribution in [3.8, 4) is 0 Å². The summed E-state index contributed by atoms with van der Waals surface area (Å²) in [5.41, 5.74) is 14.7. The molecule has 7 rings (SSSR count). The highest BCUT2D eigenvalue weighted by molar-refractivity contribution is 6.29. The van der Waals surface area contributed by atoms with E-state index in [2.05, 4.69) is 76.7 Å². The molecule has 7 heterocycles. The van der Waals surface area contributed by atoms with E-state index in [0.29, 0.717) is 39.6 Å². The SMILES string of the molecule is CN1CCN(c2nc(Cl)nc3nc[nH]c23)CC1.Nc1nc(Cl)nc2nc[nH]c12.Nc1nc(Cl)nc2nc[nH]c12. The van der Waals surface area contributed by atoms with Crippen LogP contribution in [0.3, 0.4) is 0 Å². The van der Waals surface area contributed by atoms with Crippen molar-refractivity contribution in [1.82, 2.24) is 64.7 Å². The first-order chi connectivity index (χ1) is 18.8.